The highest BCUT2D eigenvalue weighted by atomic mass is 32.1. The molecule has 4 atom stereocenters. The number of nitrogens with zero attached hydrogens (tertiary/aromatic N) is 1. The Hall–Kier alpha value is -5.13. The second kappa shape index (κ2) is 12.4. The Kier molecular flexibility index (Phi) is 8.07. The largest absolute Gasteiger partial charge is 0.459 e. The van der Waals surface area contributed by atoms with Crippen LogP contribution in [0.1, 0.15) is 42.1 Å². The first kappa shape index (κ1) is 28.0. The van der Waals surface area contributed by atoms with Crippen molar-refractivity contribution in [2.45, 2.75) is 24.4 Å². The Morgan fingerprint density at radius 1 is 0.767 bits per heavy atom. The Morgan fingerprint density at radius 3 is 1.88 bits per heavy atom. The van der Waals surface area contributed by atoms with Gasteiger partial charge in [-0.2, -0.15) is 0 Å². The Labute approximate surface area is 248 Å². The smallest absolute Gasteiger partial charge is 0.338 e. The van der Waals surface area contributed by atoms with E-state index in [0.717, 1.165) is 0 Å². The summed E-state index contributed by atoms with van der Waals surface area (Å²) in [7, 11) is 0. The number of carbonyl (C=O) groups excluding carboxylic acids is 3. The van der Waals surface area contributed by atoms with Crippen molar-refractivity contribution < 1.29 is 33.3 Å². The standard InChI is InChI=1S/C32H24N2O8S/c35-29-22-17-43-28(24(22)33-18-34-29)27-26(42-32(38)21-14-8-3-9-15-21)25(41-31(37)20-12-6-2-7-13-20)23(40-27)16-39-30(36)19-10-4-1-5-11-19/h1-15,17-18,23,25-27H,16H2,(H,33,34,35)/t23-,25-,26-,27+/m1/s1. The Balaban J connectivity index is 1.37. The number of esters is 3. The summed E-state index contributed by atoms with van der Waals surface area (Å²) in [5, 5.41) is 1.96. The van der Waals surface area contributed by atoms with E-state index >= 15 is 0 Å². The molecular weight excluding hydrogens is 572 g/mol. The molecule has 2 aromatic heterocycles. The molecule has 0 saturated carbocycles. The van der Waals surface area contributed by atoms with E-state index in [0.29, 0.717) is 21.3 Å². The second-order valence-corrected chi connectivity index (χ2v) is 10.5. The molecule has 0 spiro atoms. The minimum absolute atomic E-state index is 0.272. The highest BCUT2D eigenvalue weighted by Gasteiger charge is 2.52. The number of carbonyl (C=O) groups is 3. The molecule has 0 aliphatic carbocycles. The van der Waals surface area contributed by atoms with Crippen molar-refractivity contribution in [2.75, 3.05) is 6.61 Å². The van der Waals surface area contributed by atoms with Crippen LogP contribution in [0.15, 0.2) is 107 Å². The van der Waals surface area contributed by atoms with Crippen molar-refractivity contribution in [1.82, 2.24) is 9.97 Å². The van der Waals surface area contributed by atoms with Gasteiger partial charge >= 0.3 is 17.9 Å². The first-order valence-electron chi connectivity index (χ1n) is 13.3. The fourth-order valence-electron chi connectivity index (χ4n) is 4.79. The van der Waals surface area contributed by atoms with E-state index in [1.807, 2.05) is 0 Å². The van der Waals surface area contributed by atoms with Gasteiger partial charge in [-0.15, -0.1) is 11.3 Å². The van der Waals surface area contributed by atoms with Gasteiger partial charge in [0.15, 0.2) is 12.2 Å². The number of aromatic amines is 1. The fraction of sp³-hybridized carbons (Fsp3) is 0.156. The van der Waals surface area contributed by atoms with Crippen molar-refractivity contribution in [3.05, 3.63) is 135 Å². The molecule has 1 aliphatic rings. The van der Waals surface area contributed by atoms with Crippen LogP contribution < -0.4 is 5.56 Å². The summed E-state index contributed by atoms with van der Waals surface area (Å²) in [6, 6.07) is 25.1. The fourth-order valence-corrected chi connectivity index (χ4v) is 5.85. The number of H-pyrrole nitrogens is 1. The summed E-state index contributed by atoms with van der Waals surface area (Å²) < 4.78 is 23.9. The first-order valence-corrected chi connectivity index (χ1v) is 14.2. The monoisotopic (exact) mass is 596 g/mol. The zero-order valence-electron chi connectivity index (χ0n) is 22.5. The molecule has 216 valence electrons. The molecule has 11 heteroatoms. The molecule has 0 radical (unpaired) electrons. The second-order valence-electron chi connectivity index (χ2n) is 9.63. The average molecular weight is 597 g/mol. The van der Waals surface area contributed by atoms with Gasteiger partial charge in [0.2, 0.25) is 0 Å². The number of aromatic nitrogens is 2. The topological polar surface area (TPSA) is 134 Å². The van der Waals surface area contributed by atoms with Crippen LogP contribution in [0.3, 0.4) is 0 Å². The lowest BCUT2D eigenvalue weighted by atomic mass is 10.0. The van der Waals surface area contributed by atoms with Crippen LogP contribution in [0, 0.1) is 0 Å². The van der Waals surface area contributed by atoms with Crippen molar-refractivity contribution >= 4 is 40.1 Å². The maximum absolute atomic E-state index is 13.3. The van der Waals surface area contributed by atoms with E-state index < -0.39 is 42.3 Å². The molecule has 0 amide bonds. The minimum Gasteiger partial charge on any atom is -0.459 e. The maximum Gasteiger partial charge on any atom is 0.338 e. The molecule has 3 heterocycles. The van der Waals surface area contributed by atoms with Crippen LogP contribution in [-0.4, -0.2) is 52.8 Å². The summed E-state index contributed by atoms with van der Waals surface area (Å²) in [4.78, 5) is 59.2. The van der Waals surface area contributed by atoms with Crippen molar-refractivity contribution in [1.29, 1.82) is 0 Å². The highest BCUT2D eigenvalue weighted by molar-refractivity contribution is 7.11. The average Bonchev–Trinajstić information content (AvgIpc) is 3.63. The lowest BCUT2D eigenvalue weighted by molar-refractivity contribution is -0.0448. The zero-order valence-corrected chi connectivity index (χ0v) is 23.3. The number of fused-ring (bicyclic) bond motifs is 1. The normalized spacial score (nSPS) is 19.5. The molecule has 3 aromatic carbocycles. The molecule has 5 aromatic rings. The third kappa shape index (κ3) is 5.94. The van der Waals surface area contributed by atoms with Gasteiger partial charge in [-0.05, 0) is 36.4 Å². The summed E-state index contributed by atoms with van der Waals surface area (Å²) >= 11 is 1.19. The van der Waals surface area contributed by atoms with Gasteiger partial charge in [-0.1, -0.05) is 54.6 Å². The van der Waals surface area contributed by atoms with Gasteiger partial charge in [-0.3, -0.25) is 4.79 Å². The van der Waals surface area contributed by atoms with Gasteiger partial charge in [0, 0.05) is 5.38 Å². The van der Waals surface area contributed by atoms with Gasteiger partial charge in [0.1, 0.15) is 18.8 Å². The number of hydrogen-bond donors (Lipinski definition) is 1. The van der Waals surface area contributed by atoms with Crippen LogP contribution in [0.2, 0.25) is 0 Å². The molecular formula is C32H24N2O8S. The molecule has 0 bridgehead atoms. The minimum atomic E-state index is -1.19. The Morgan fingerprint density at radius 2 is 1.30 bits per heavy atom. The number of hydrogen-bond acceptors (Lipinski definition) is 10. The van der Waals surface area contributed by atoms with Crippen LogP contribution >= 0.6 is 11.3 Å². The Bertz CT molecular complexity index is 1810. The predicted molar refractivity (Wildman–Crippen MR) is 156 cm³/mol. The van der Waals surface area contributed by atoms with E-state index in [-0.39, 0.29) is 23.3 Å². The molecule has 1 fully saturated rings. The predicted octanol–water partition coefficient (Wildman–Crippen LogP) is 4.73. The molecule has 43 heavy (non-hydrogen) atoms. The number of ether oxygens (including phenoxy) is 4. The van der Waals surface area contributed by atoms with E-state index in [9.17, 15) is 19.2 Å². The summed E-state index contributed by atoms with van der Waals surface area (Å²) in [6.07, 6.45) is -3.12. The molecule has 10 nitrogen and oxygen atoms in total. The number of rotatable bonds is 8. The summed E-state index contributed by atoms with van der Waals surface area (Å²) in [5.74, 6) is -1.96. The quantitative estimate of drug-likeness (QED) is 0.199. The van der Waals surface area contributed by atoms with Gasteiger partial charge in [0.05, 0.1) is 38.8 Å². The molecule has 1 aliphatic heterocycles. The molecule has 1 N–H and O–H groups in total. The summed E-state index contributed by atoms with van der Waals surface area (Å²) in [5.41, 5.74) is 0.890. The van der Waals surface area contributed by atoms with Crippen molar-refractivity contribution in [3.8, 4) is 0 Å². The molecule has 1 saturated heterocycles. The van der Waals surface area contributed by atoms with Crippen molar-refractivity contribution in [3.63, 3.8) is 0 Å². The zero-order chi connectivity index (χ0) is 29.8. The SMILES string of the molecule is O=C(OC[C@H]1O[C@H](c2scc3c(=O)[nH]cnc23)[C@H](OC(=O)c2ccccc2)[C@@H]1OC(=O)c1ccccc1)c1ccccc1. The molecule has 0 unspecified atom stereocenters. The van der Waals surface area contributed by atoms with E-state index in [1.54, 1.807) is 96.4 Å². The maximum atomic E-state index is 13.3. The van der Waals surface area contributed by atoms with E-state index in [1.165, 1.54) is 17.7 Å². The third-order valence-corrected chi connectivity index (χ3v) is 7.92. The lowest BCUT2D eigenvalue weighted by Gasteiger charge is -2.24. The highest BCUT2D eigenvalue weighted by Crippen LogP contribution is 2.42. The van der Waals surface area contributed by atoms with Gasteiger partial charge < -0.3 is 23.9 Å². The van der Waals surface area contributed by atoms with Crippen LogP contribution in [0.5, 0.6) is 0 Å². The molecule has 6 rings (SSSR count). The number of nitrogens with one attached hydrogen (secondary N) is 1. The summed E-state index contributed by atoms with van der Waals surface area (Å²) in [6.45, 7) is -0.312. The van der Waals surface area contributed by atoms with Crippen LogP contribution in [0.4, 0.5) is 0 Å². The first-order chi connectivity index (χ1) is 21.0. The van der Waals surface area contributed by atoms with Crippen molar-refractivity contribution in [2.24, 2.45) is 0 Å². The van der Waals surface area contributed by atoms with Gasteiger partial charge in [-0.25, -0.2) is 19.4 Å². The third-order valence-electron chi connectivity index (χ3n) is 6.89. The van der Waals surface area contributed by atoms with Gasteiger partial charge in [0.25, 0.3) is 5.56 Å². The van der Waals surface area contributed by atoms with E-state index in [2.05, 4.69) is 9.97 Å². The lowest BCUT2D eigenvalue weighted by Crippen LogP contribution is -2.40. The van der Waals surface area contributed by atoms with E-state index in [4.69, 9.17) is 18.9 Å². The number of thiophene rings is 1. The van der Waals surface area contributed by atoms with Crippen LogP contribution in [-0.2, 0) is 18.9 Å². The van der Waals surface area contributed by atoms with Crippen LogP contribution in [0.25, 0.3) is 10.9 Å². The number of benzene rings is 3.